The third kappa shape index (κ3) is 6.05. The summed E-state index contributed by atoms with van der Waals surface area (Å²) in [5, 5.41) is 3.58. The van der Waals surface area contributed by atoms with Crippen molar-refractivity contribution in [2.24, 2.45) is 5.73 Å². The number of anilines is 1. The van der Waals surface area contributed by atoms with E-state index in [4.69, 9.17) is 10.5 Å². The van der Waals surface area contributed by atoms with Gasteiger partial charge in [0.15, 0.2) is 0 Å². The Balaban J connectivity index is 2.71. The molecule has 108 valence electrons. The summed E-state index contributed by atoms with van der Waals surface area (Å²) < 4.78 is 5.28. The van der Waals surface area contributed by atoms with E-state index in [0.29, 0.717) is 12.6 Å². The third-order valence-electron chi connectivity index (χ3n) is 2.99. The number of ether oxygens (including phenoxy) is 1. The zero-order valence-corrected chi connectivity index (χ0v) is 12.4. The van der Waals surface area contributed by atoms with Crippen LogP contribution in [0.25, 0.3) is 0 Å². The van der Waals surface area contributed by atoms with Crippen LogP contribution in [0.5, 0.6) is 0 Å². The van der Waals surface area contributed by atoms with Gasteiger partial charge in [0.1, 0.15) is 0 Å². The predicted octanol–water partition coefficient (Wildman–Crippen LogP) is 1.91. The molecule has 1 rings (SSSR count). The minimum absolute atomic E-state index is 0.317. The lowest BCUT2D eigenvalue weighted by Gasteiger charge is -2.22. The molecule has 19 heavy (non-hydrogen) atoms. The van der Waals surface area contributed by atoms with E-state index in [1.807, 2.05) is 0 Å². The molecule has 0 aliphatic carbocycles. The van der Waals surface area contributed by atoms with E-state index < -0.39 is 0 Å². The largest absolute Gasteiger partial charge is 0.383 e. The van der Waals surface area contributed by atoms with Crippen LogP contribution < -0.4 is 11.1 Å². The second-order valence-corrected chi connectivity index (χ2v) is 5.12. The van der Waals surface area contributed by atoms with Crippen molar-refractivity contribution in [2.45, 2.75) is 25.4 Å². The summed E-state index contributed by atoms with van der Waals surface area (Å²) in [7, 11) is 5.90. The van der Waals surface area contributed by atoms with E-state index in [9.17, 15) is 0 Å². The molecule has 0 fully saturated rings. The molecular weight excluding hydrogens is 238 g/mol. The number of hydrogen-bond donors (Lipinski definition) is 2. The summed E-state index contributed by atoms with van der Waals surface area (Å²) in [6, 6.07) is 8.75. The Bertz CT molecular complexity index is 355. The Labute approximate surface area is 116 Å². The summed E-state index contributed by atoms with van der Waals surface area (Å²) in [4.78, 5) is 2.17. The molecule has 0 aliphatic rings. The highest BCUT2D eigenvalue weighted by Crippen LogP contribution is 2.18. The lowest BCUT2D eigenvalue weighted by molar-refractivity contribution is 0.182. The molecule has 4 nitrogen and oxygen atoms in total. The molecule has 3 N–H and O–H groups in total. The molecule has 1 atom stereocenters. The van der Waals surface area contributed by atoms with Crippen LogP contribution in [0.2, 0.25) is 0 Å². The highest BCUT2D eigenvalue weighted by molar-refractivity contribution is 5.51. The number of nitrogens with zero attached hydrogens (tertiary/aromatic N) is 1. The molecule has 0 spiro atoms. The highest BCUT2D eigenvalue weighted by Gasteiger charge is 2.10. The summed E-state index contributed by atoms with van der Waals surface area (Å²) in [6.07, 6.45) is 2.04. The predicted molar refractivity (Wildman–Crippen MR) is 81.4 cm³/mol. The lowest BCUT2D eigenvalue weighted by atomic mass is 10.1. The van der Waals surface area contributed by atoms with Crippen LogP contribution in [0.15, 0.2) is 24.3 Å². The van der Waals surface area contributed by atoms with Crippen LogP contribution in [0.4, 0.5) is 5.69 Å². The first-order chi connectivity index (χ1) is 9.17. The molecule has 0 aromatic heterocycles. The molecule has 0 bridgehead atoms. The number of benzene rings is 1. The number of rotatable bonds is 9. The minimum atomic E-state index is 0.317. The van der Waals surface area contributed by atoms with Gasteiger partial charge in [-0.1, -0.05) is 18.2 Å². The topological polar surface area (TPSA) is 50.5 Å². The van der Waals surface area contributed by atoms with Crippen molar-refractivity contribution in [3.8, 4) is 0 Å². The molecule has 0 saturated heterocycles. The number of nitrogens with one attached hydrogen (secondary N) is 1. The smallest absolute Gasteiger partial charge is 0.0664 e. The van der Waals surface area contributed by atoms with E-state index in [-0.39, 0.29) is 0 Å². The maximum atomic E-state index is 5.59. The van der Waals surface area contributed by atoms with Gasteiger partial charge in [-0.2, -0.15) is 0 Å². The Morgan fingerprint density at radius 3 is 2.68 bits per heavy atom. The summed E-state index contributed by atoms with van der Waals surface area (Å²) in [5.74, 6) is 0. The zero-order valence-electron chi connectivity index (χ0n) is 12.4. The fraction of sp³-hybridized carbons (Fsp3) is 0.600. The molecule has 0 saturated carbocycles. The molecule has 0 aliphatic heterocycles. The van der Waals surface area contributed by atoms with Gasteiger partial charge in [-0.05, 0) is 45.1 Å². The van der Waals surface area contributed by atoms with Gasteiger partial charge in [0.25, 0.3) is 0 Å². The van der Waals surface area contributed by atoms with Crippen molar-refractivity contribution in [3.05, 3.63) is 29.8 Å². The summed E-state index contributed by atoms with van der Waals surface area (Å²) in [6.45, 7) is 2.36. The van der Waals surface area contributed by atoms with Gasteiger partial charge in [-0.25, -0.2) is 0 Å². The van der Waals surface area contributed by atoms with E-state index >= 15 is 0 Å². The maximum absolute atomic E-state index is 5.59. The normalized spacial score (nSPS) is 12.7. The van der Waals surface area contributed by atoms with Gasteiger partial charge in [0.05, 0.1) is 6.61 Å². The highest BCUT2D eigenvalue weighted by atomic mass is 16.5. The average Bonchev–Trinajstić information content (AvgIpc) is 2.38. The third-order valence-corrected chi connectivity index (χ3v) is 2.99. The summed E-state index contributed by atoms with van der Waals surface area (Å²) >= 11 is 0. The monoisotopic (exact) mass is 265 g/mol. The Morgan fingerprint density at radius 2 is 2.05 bits per heavy atom. The van der Waals surface area contributed by atoms with Crippen LogP contribution in [-0.4, -0.2) is 45.3 Å². The van der Waals surface area contributed by atoms with Crippen LogP contribution in [0, 0.1) is 0 Å². The minimum Gasteiger partial charge on any atom is -0.383 e. The van der Waals surface area contributed by atoms with Crippen LogP contribution in [0.1, 0.15) is 18.4 Å². The molecule has 0 radical (unpaired) electrons. The van der Waals surface area contributed by atoms with Gasteiger partial charge in [0.2, 0.25) is 0 Å². The standard InChI is InChI=1S/C15H27N3O/c1-18(2)11-13-7-4-5-9-15(13)17-14(12-19-3)8-6-10-16/h4-5,7,9,14,17H,6,8,10-12,16H2,1-3H3. The van der Waals surface area contributed by atoms with Crippen molar-refractivity contribution in [1.82, 2.24) is 4.90 Å². The van der Waals surface area contributed by atoms with E-state index in [1.165, 1.54) is 11.3 Å². The fourth-order valence-corrected chi connectivity index (χ4v) is 2.12. The first kappa shape index (κ1) is 16.0. The van der Waals surface area contributed by atoms with Crippen molar-refractivity contribution < 1.29 is 4.74 Å². The van der Waals surface area contributed by atoms with Crippen LogP contribution in [0.3, 0.4) is 0 Å². The van der Waals surface area contributed by atoms with Gasteiger partial charge >= 0.3 is 0 Å². The number of para-hydroxylation sites is 1. The molecule has 1 aromatic carbocycles. The molecule has 0 amide bonds. The van der Waals surface area contributed by atoms with Crippen LogP contribution in [-0.2, 0) is 11.3 Å². The Morgan fingerprint density at radius 1 is 1.32 bits per heavy atom. The second kappa shape index (κ2) is 8.91. The SMILES string of the molecule is COCC(CCCN)Nc1ccccc1CN(C)C. The average molecular weight is 265 g/mol. The fourth-order valence-electron chi connectivity index (χ4n) is 2.12. The summed E-state index contributed by atoms with van der Waals surface area (Å²) in [5.41, 5.74) is 8.08. The molecule has 1 aromatic rings. The molecule has 4 heteroatoms. The van der Waals surface area contributed by atoms with E-state index in [0.717, 1.165) is 25.9 Å². The van der Waals surface area contributed by atoms with E-state index in [1.54, 1.807) is 7.11 Å². The van der Waals surface area contributed by atoms with Gasteiger partial charge in [-0.15, -0.1) is 0 Å². The second-order valence-electron chi connectivity index (χ2n) is 5.12. The van der Waals surface area contributed by atoms with Gasteiger partial charge < -0.3 is 20.7 Å². The van der Waals surface area contributed by atoms with Gasteiger partial charge in [0, 0.05) is 25.4 Å². The molecule has 0 heterocycles. The van der Waals surface area contributed by atoms with Crippen molar-refractivity contribution in [1.29, 1.82) is 0 Å². The maximum Gasteiger partial charge on any atom is 0.0664 e. The number of nitrogens with two attached hydrogens (primary N) is 1. The van der Waals surface area contributed by atoms with Crippen molar-refractivity contribution in [2.75, 3.05) is 39.7 Å². The quantitative estimate of drug-likeness (QED) is 0.716. The molecular formula is C15H27N3O. The van der Waals surface area contributed by atoms with Crippen molar-refractivity contribution in [3.63, 3.8) is 0 Å². The van der Waals surface area contributed by atoms with Gasteiger partial charge in [-0.3, -0.25) is 0 Å². The van der Waals surface area contributed by atoms with Crippen molar-refractivity contribution >= 4 is 5.69 Å². The molecule has 1 unspecified atom stereocenters. The zero-order chi connectivity index (χ0) is 14.1. The number of hydrogen-bond acceptors (Lipinski definition) is 4. The Kier molecular flexibility index (Phi) is 7.48. The first-order valence-corrected chi connectivity index (χ1v) is 6.85. The van der Waals surface area contributed by atoms with Crippen LogP contribution >= 0.6 is 0 Å². The first-order valence-electron chi connectivity index (χ1n) is 6.85. The number of methoxy groups -OCH3 is 1. The Hall–Kier alpha value is -1.10. The lowest BCUT2D eigenvalue weighted by Crippen LogP contribution is -2.27. The van der Waals surface area contributed by atoms with E-state index in [2.05, 4.69) is 48.6 Å².